The van der Waals surface area contributed by atoms with Crippen LogP contribution in [0.4, 0.5) is 0 Å². The zero-order valence-corrected chi connectivity index (χ0v) is 11.8. The molecule has 6 heteroatoms. The molecule has 6 nitrogen and oxygen atoms in total. The van der Waals surface area contributed by atoms with Crippen molar-refractivity contribution in [1.29, 1.82) is 0 Å². The van der Waals surface area contributed by atoms with Crippen molar-refractivity contribution in [3.63, 3.8) is 0 Å². The molecule has 0 bridgehead atoms. The number of nitrogens with zero attached hydrogens (tertiary/aromatic N) is 1. The Balaban J connectivity index is 1.52. The van der Waals surface area contributed by atoms with Crippen LogP contribution in [-0.4, -0.2) is 48.5 Å². The lowest BCUT2D eigenvalue weighted by Gasteiger charge is -2.32. The van der Waals surface area contributed by atoms with Crippen LogP contribution in [0.15, 0.2) is 18.2 Å². The van der Waals surface area contributed by atoms with E-state index in [1.165, 1.54) is 0 Å². The zero-order chi connectivity index (χ0) is 14.7. The molecule has 2 aliphatic rings. The number of carbonyl (C=O) groups is 1. The Hall–Kier alpha value is -1.95. The van der Waals surface area contributed by atoms with E-state index in [1.807, 2.05) is 17.0 Å². The van der Waals surface area contributed by atoms with E-state index in [1.54, 1.807) is 6.07 Å². The second-order valence-corrected chi connectivity index (χ2v) is 5.25. The summed E-state index contributed by atoms with van der Waals surface area (Å²) in [4.78, 5) is 13.2. The second kappa shape index (κ2) is 6.22. The lowest BCUT2D eigenvalue weighted by Crippen LogP contribution is -2.46. The minimum Gasteiger partial charge on any atom is -0.492 e. The maximum absolute atomic E-state index is 11.2. The maximum atomic E-state index is 11.2. The van der Waals surface area contributed by atoms with Crippen LogP contribution in [0.2, 0.25) is 0 Å². The molecule has 114 valence electrons. The Morgan fingerprint density at radius 3 is 3.05 bits per heavy atom. The van der Waals surface area contributed by atoms with Gasteiger partial charge < -0.3 is 19.3 Å². The van der Waals surface area contributed by atoms with E-state index in [0.29, 0.717) is 24.7 Å². The minimum absolute atomic E-state index is 0.243. The molecule has 1 aromatic rings. The molecule has 0 aromatic heterocycles. The lowest BCUT2D eigenvalue weighted by molar-refractivity contribution is -0.144. The van der Waals surface area contributed by atoms with Crippen LogP contribution in [0, 0.1) is 0 Å². The summed E-state index contributed by atoms with van der Waals surface area (Å²) in [6.45, 7) is 2.14. The number of ether oxygens (including phenoxy) is 3. The highest BCUT2D eigenvalue weighted by Gasteiger charge is 2.27. The quantitative estimate of drug-likeness (QED) is 0.891. The molecule has 0 saturated carbocycles. The van der Waals surface area contributed by atoms with Gasteiger partial charge in [0, 0.05) is 12.6 Å². The van der Waals surface area contributed by atoms with Gasteiger partial charge in [-0.05, 0) is 31.5 Å². The first kappa shape index (κ1) is 14.0. The number of piperidine rings is 1. The van der Waals surface area contributed by atoms with Gasteiger partial charge in [-0.1, -0.05) is 6.42 Å². The Morgan fingerprint density at radius 1 is 1.33 bits per heavy atom. The van der Waals surface area contributed by atoms with E-state index >= 15 is 0 Å². The van der Waals surface area contributed by atoms with Gasteiger partial charge >= 0.3 is 5.97 Å². The van der Waals surface area contributed by atoms with Crippen LogP contribution in [0.25, 0.3) is 0 Å². The van der Waals surface area contributed by atoms with Gasteiger partial charge in [-0.15, -0.1) is 0 Å². The first-order valence-corrected chi connectivity index (χ1v) is 7.23. The third kappa shape index (κ3) is 3.21. The average molecular weight is 293 g/mol. The van der Waals surface area contributed by atoms with Gasteiger partial charge in [-0.25, -0.2) is 0 Å². The summed E-state index contributed by atoms with van der Waals surface area (Å²) < 4.78 is 16.2. The molecule has 2 aliphatic heterocycles. The van der Waals surface area contributed by atoms with Crippen molar-refractivity contribution < 1.29 is 24.1 Å². The van der Waals surface area contributed by atoms with Crippen molar-refractivity contribution in [2.75, 3.05) is 26.5 Å². The summed E-state index contributed by atoms with van der Waals surface area (Å²) in [6, 6.07) is 5.07. The van der Waals surface area contributed by atoms with Crippen molar-refractivity contribution in [3.8, 4) is 17.2 Å². The standard InChI is InChI=1S/C15H19NO5/c17-15(18)12-3-1-2-6-16(12)7-8-19-11-4-5-13-14(9-11)21-10-20-13/h4-5,9,12H,1-3,6-8,10H2,(H,17,18). The van der Waals surface area contributed by atoms with Crippen molar-refractivity contribution in [3.05, 3.63) is 18.2 Å². The van der Waals surface area contributed by atoms with Gasteiger partial charge in [-0.2, -0.15) is 0 Å². The average Bonchev–Trinajstić information content (AvgIpc) is 2.95. The number of aliphatic carboxylic acids is 1. The molecule has 0 radical (unpaired) electrons. The van der Waals surface area contributed by atoms with E-state index in [2.05, 4.69) is 0 Å². The SMILES string of the molecule is O=C(O)C1CCCCN1CCOc1ccc2c(c1)OCO2. The van der Waals surface area contributed by atoms with Crippen molar-refractivity contribution in [1.82, 2.24) is 4.90 Å². The highest BCUT2D eigenvalue weighted by molar-refractivity contribution is 5.73. The maximum Gasteiger partial charge on any atom is 0.320 e. The molecule has 1 N–H and O–H groups in total. The molecule has 21 heavy (non-hydrogen) atoms. The first-order valence-electron chi connectivity index (χ1n) is 7.23. The van der Waals surface area contributed by atoms with Gasteiger partial charge in [0.25, 0.3) is 0 Å². The molecular weight excluding hydrogens is 274 g/mol. The van der Waals surface area contributed by atoms with Crippen LogP contribution in [0.5, 0.6) is 17.2 Å². The largest absolute Gasteiger partial charge is 0.492 e. The molecule has 1 aromatic carbocycles. The summed E-state index contributed by atoms with van der Waals surface area (Å²) >= 11 is 0. The van der Waals surface area contributed by atoms with E-state index in [0.717, 1.165) is 31.6 Å². The fourth-order valence-electron chi connectivity index (χ4n) is 2.79. The third-order valence-corrected chi connectivity index (χ3v) is 3.89. The lowest BCUT2D eigenvalue weighted by atomic mass is 10.0. The van der Waals surface area contributed by atoms with Gasteiger partial charge in [0.05, 0.1) is 0 Å². The molecule has 0 spiro atoms. The summed E-state index contributed by atoms with van der Waals surface area (Å²) in [5.74, 6) is 1.39. The highest BCUT2D eigenvalue weighted by Crippen LogP contribution is 2.35. The van der Waals surface area contributed by atoms with Gasteiger partial charge in [0.15, 0.2) is 11.5 Å². The molecule has 1 unspecified atom stereocenters. The number of hydrogen-bond donors (Lipinski definition) is 1. The van der Waals surface area contributed by atoms with Gasteiger partial charge in [0.2, 0.25) is 6.79 Å². The second-order valence-electron chi connectivity index (χ2n) is 5.25. The Labute approximate surface area is 123 Å². The molecule has 0 aliphatic carbocycles. The molecule has 0 amide bonds. The van der Waals surface area contributed by atoms with Crippen LogP contribution >= 0.6 is 0 Å². The third-order valence-electron chi connectivity index (χ3n) is 3.89. The molecular formula is C15H19NO5. The predicted molar refractivity (Wildman–Crippen MR) is 74.9 cm³/mol. The number of benzene rings is 1. The topological polar surface area (TPSA) is 68.2 Å². The van der Waals surface area contributed by atoms with Gasteiger partial charge in [0.1, 0.15) is 18.4 Å². The van der Waals surface area contributed by atoms with Crippen LogP contribution < -0.4 is 14.2 Å². The van der Waals surface area contributed by atoms with Gasteiger partial charge in [-0.3, -0.25) is 9.69 Å². The molecule has 1 saturated heterocycles. The first-order chi connectivity index (χ1) is 10.2. The smallest absolute Gasteiger partial charge is 0.320 e. The van der Waals surface area contributed by atoms with Crippen molar-refractivity contribution in [2.24, 2.45) is 0 Å². The highest BCUT2D eigenvalue weighted by atomic mass is 16.7. The Morgan fingerprint density at radius 2 is 2.19 bits per heavy atom. The molecule has 1 fully saturated rings. The van der Waals surface area contributed by atoms with Crippen LogP contribution in [-0.2, 0) is 4.79 Å². The monoisotopic (exact) mass is 293 g/mol. The number of hydrogen-bond acceptors (Lipinski definition) is 5. The zero-order valence-electron chi connectivity index (χ0n) is 11.8. The number of fused-ring (bicyclic) bond motifs is 1. The summed E-state index contributed by atoms with van der Waals surface area (Å²) in [6.07, 6.45) is 2.75. The fraction of sp³-hybridized carbons (Fsp3) is 0.533. The van der Waals surface area contributed by atoms with Crippen molar-refractivity contribution in [2.45, 2.75) is 25.3 Å². The number of carboxylic acid groups (broad SMARTS) is 1. The molecule has 1 atom stereocenters. The van der Waals surface area contributed by atoms with Crippen molar-refractivity contribution >= 4 is 5.97 Å². The fourth-order valence-corrected chi connectivity index (χ4v) is 2.79. The number of carboxylic acids is 1. The van der Waals surface area contributed by atoms with E-state index in [-0.39, 0.29) is 12.8 Å². The number of rotatable bonds is 5. The normalized spacial score (nSPS) is 21.2. The molecule has 3 rings (SSSR count). The van der Waals surface area contributed by atoms with E-state index in [4.69, 9.17) is 14.2 Å². The minimum atomic E-state index is -0.738. The predicted octanol–water partition coefficient (Wildman–Crippen LogP) is 1.73. The summed E-state index contributed by atoms with van der Waals surface area (Å²) in [7, 11) is 0. The van der Waals surface area contributed by atoms with E-state index < -0.39 is 5.97 Å². The number of likely N-dealkylation sites (tertiary alicyclic amines) is 1. The molecule has 2 heterocycles. The Kier molecular flexibility index (Phi) is 4.15. The summed E-state index contributed by atoms with van der Waals surface area (Å²) in [5.41, 5.74) is 0. The van der Waals surface area contributed by atoms with Crippen LogP contribution in [0.3, 0.4) is 0 Å². The van der Waals surface area contributed by atoms with Crippen LogP contribution in [0.1, 0.15) is 19.3 Å². The summed E-state index contributed by atoms with van der Waals surface area (Å²) in [5, 5.41) is 9.22. The Bertz CT molecular complexity index is 519. The van der Waals surface area contributed by atoms with E-state index in [9.17, 15) is 9.90 Å².